The fourth-order valence-electron chi connectivity index (χ4n) is 2.61. The van der Waals surface area contributed by atoms with Gasteiger partial charge < -0.3 is 10.3 Å². The molecule has 1 aliphatic rings. The molecule has 0 atom stereocenters. The Hall–Kier alpha value is -2.26. The first-order chi connectivity index (χ1) is 10.3. The number of piperazine rings is 1. The van der Waals surface area contributed by atoms with Gasteiger partial charge in [-0.25, -0.2) is 5.01 Å². The van der Waals surface area contributed by atoms with Crippen LogP contribution in [0.5, 0.6) is 0 Å². The average molecular weight is 279 g/mol. The minimum absolute atomic E-state index is 0.962. The summed E-state index contributed by atoms with van der Waals surface area (Å²) in [5.41, 5.74) is 6.83. The molecule has 1 N–H and O–H groups in total. The topological polar surface area (TPSA) is 18.5 Å². The van der Waals surface area contributed by atoms with Crippen LogP contribution in [0.3, 0.4) is 0 Å². The third-order valence-corrected chi connectivity index (χ3v) is 3.82. The second-order valence-corrected chi connectivity index (χ2v) is 5.27. The van der Waals surface area contributed by atoms with E-state index < -0.39 is 0 Å². The number of rotatable bonds is 4. The van der Waals surface area contributed by atoms with Gasteiger partial charge in [-0.2, -0.15) is 0 Å². The molecule has 3 nitrogen and oxygen atoms in total. The summed E-state index contributed by atoms with van der Waals surface area (Å²) in [7, 11) is 0. The molecule has 2 aromatic rings. The first kappa shape index (κ1) is 13.7. The van der Waals surface area contributed by atoms with Gasteiger partial charge in [0, 0.05) is 37.6 Å². The number of hydrazine groups is 1. The fourth-order valence-corrected chi connectivity index (χ4v) is 2.61. The largest absolute Gasteiger partial charge is 0.369 e. The number of nitrogens with zero attached hydrogens (tertiary/aromatic N) is 2. The zero-order chi connectivity index (χ0) is 14.5. The highest BCUT2D eigenvalue weighted by Gasteiger charge is 2.17. The molecule has 3 rings (SSSR count). The summed E-state index contributed by atoms with van der Waals surface area (Å²) in [4.78, 5) is 2.42. The summed E-state index contributed by atoms with van der Waals surface area (Å²) >= 11 is 0. The molecule has 0 radical (unpaired) electrons. The Bertz CT molecular complexity index is 572. The second kappa shape index (κ2) is 6.46. The van der Waals surface area contributed by atoms with Crippen molar-refractivity contribution in [2.45, 2.75) is 0 Å². The number of nitrogens with one attached hydrogen (secondary N) is 1. The van der Waals surface area contributed by atoms with Crippen molar-refractivity contribution in [3.05, 3.63) is 72.8 Å². The van der Waals surface area contributed by atoms with Crippen molar-refractivity contribution in [3.8, 4) is 0 Å². The van der Waals surface area contributed by atoms with Crippen LogP contribution in [0.4, 0.5) is 5.69 Å². The number of para-hydroxylation sites is 1. The highest BCUT2D eigenvalue weighted by atomic mass is 15.5. The van der Waals surface area contributed by atoms with E-state index >= 15 is 0 Å². The van der Waals surface area contributed by atoms with Crippen LogP contribution in [0.2, 0.25) is 0 Å². The van der Waals surface area contributed by atoms with E-state index in [9.17, 15) is 0 Å². The first-order valence-corrected chi connectivity index (χ1v) is 7.39. The number of hydrogen-bond donors (Lipinski definition) is 1. The summed E-state index contributed by atoms with van der Waals surface area (Å²) in [6.07, 6.45) is 0. The third-order valence-electron chi connectivity index (χ3n) is 3.82. The molecule has 1 aliphatic heterocycles. The Morgan fingerprint density at radius 2 is 1.38 bits per heavy atom. The van der Waals surface area contributed by atoms with Gasteiger partial charge in [0.05, 0.1) is 0 Å². The van der Waals surface area contributed by atoms with Gasteiger partial charge in [0.2, 0.25) is 0 Å². The van der Waals surface area contributed by atoms with E-state index in [-0.39, 0.29) is 0 Å². The molecule has 0 spiro atoms. The Morgan fingerprint density at radius 1 is 0.810 bits per heavy atom. The van der Waals surface area contributed by atoms with Gasteiger partial charge >= 0.3 is 0 Å². The molecule has 0 amide bonds. The van der Waals surface area contributed by atoms with E-state index in [1.54, 1.807) is 0 Å². The molecular weight excluding hydrogens is 258 g/mol. The van der Waals surface area contributed by atoms with Gasteiger partial charge in [-0.3, -0.25) is 0 Å². The molecule has 3 heteroatoms. The Labute approximate surface area is 126 Å². The summed E-state index contributed by atoms with van der Waals surface area (Å²) in [5.74, 6) is 0. The summed E-state index contributed by atoms with van der Waals surface area (Å²) < 4.78 is 0. The molecule has 0 saturated carbocycles. The number of anilines is 1. The normalized spacial score (nSPS) is 15.7. The van der Waals surface area contributed by atoms with Crippen LogP contribution in [0, 0.1) is 0 Å². The zero-order valence-electron chi connectivity index (χ0n) is 12.2. The molecule has 0 aliphatic carbocycles. The van der Waals surface area contributed by atoms with Crippen molar-refractivity contribution in [1.29, 1.82) is 0 Å². The maximum Gasteiger partial charge on any atom is 0.0490 e. The van der Waals surface area contributed by atoms with E-state index in [1.165, 1.54) is 5.69 Å². The number of hydrogen-bond acceptors (Lipinski definition) is 3. The van der Waals surface area contributed by atoms with Gasteiger partial charge in [0.15, 0.2) is 0 Å². The lowest BCUT2D eigenvalue weighted by atomic mass is 10.2. The highest BCUT2D eigenvalue weighted by Crippen LogP contribution is 2.16. The van der Waals surface area contributed by atoms with Crippen molar-refractivity contribution in [2.75, 3.05) is 31.1 Å². The molecule has 1 heterocycles. The molecule has 21 heavy (non-hydrogen) atoms. The van der Waals surface area contributed by atoms with Gasteiger partial charge in [-0.05, 0) is 17.7 Å². The molecule has 1 fully saturated rings. The van der Waals surface area contributed by atoms with Gasteiger partial charge in [-0.15, -0.1) is 0 Å². The standard InChI is InChI=1S/C18H21N3/c1-16(17-8-4-2-5-9-17)19-21-14-12-20(13-15-21)18-10-6-3-7-11-18/h2-11,19H,1,12-15H2. The molecule has 0 unspecified atom stereocenters. The Balaban J connectivity index is 1.53. The van der Waals surface area contributed by atoms with Gasteiger partial charge in [0.25, 0.3) is 0 Å². The summed E-state index contributed by atoms with van der Waals surface area (Å²) in [6.45, 7) is 8.16. The van der Waals surface area contributed by atoms with Crippen molar-refractivity contribution in [2.24, 2.45) is 0 Å². The monoisotopic (exact) mass is 279 g/mol. The Morgan fingerprint density at radius 3 is 2.00 bits per heavy atom. The molecular formula is C18H21N3. The maximum absolute atomic E-state index is 4.13. The van der Waals surface area contributed by atoms with Crippen LogP contribution in [-0.2, 0) is 0 Å². The van der Waals surface area contributed by atoms with Crippen LogP contribution < -0.4 is 10.3 Å². The minimum atomic E-state index is 0.962. The molecule has 0 bridgehead atoms. The Kier molecular flexibility index (Phi) is 4.22. The van der Waals surface area contributed by atoms with Crippen LogP contribution in [-0.4, -0.2) is 31.2 Å². The van der Waals surface area contributed by atoms with E-state index in [1.807, 2.05) is 18.2 Å². The van der Waals surface area contributed by atoms with Gasteiger partial charge in [-0.1, -0.05) is 55.1 Å². The zero-order valence-corrected chi connectivity index (χ0v) is 12.2. The third kappa shape index (κ3) is 3.44. The van der Waals surface area contributed by atoms with Crippen LogP contribution in [0.25, 0.3) is 5.70 Å². The lowest BCUT2D eigenvalue weighted by molar-refractivity contribution is 0.215. The fraction of sp³-hybridized carbons (Fsp3) is 0.222. The van der Waals surface area contributed by atoms with E-state index in [0.717, 1.165) is 37.4 Å². The predicted molar refractivity (Wildman–Crippen MR) is 88.8 cm³/mol. The van der Waals surface area contributed by atoms with Crippen molar-refractivity contribution in [1.82, 2.24) is 10.4 Å². The highest BCUT2D eigenvalue weighted by molar-refractivity contribution is 5.60. The van der Waals surface area contributed by atoms with Crippen LogP contribution in [0.15, 0.2) is 67.2 Å². The van der Waals surface area contributed by atoms with E-state index in [4.69, 9.17) is 0 Å². The second-order valence-electron chi connectivity index (χ2n) is 5.27. The first-order valence-electron chi connectivity index (χ1n) is 7.39. The van der Waals surface area contributed by atoms with Gasteiger partial charge in [0.1, 0.15) is 0 Å². The van der Waals surface area contributed by atoms with Crippen LogP contribution >= 0.6 is 0 Å². The lowest BCUT2D eigenvalue weighted by Gasteiger charge is -2.36. The molecule has 1 saturated heterocycles. The average Bonchev–Trinajstić information content (AvgIpc) is 2.57. The summed E-state index contributed by atoms with van der Waals surface area (Å²) in [5, 5.41) is 2.24. The quantitative estimate of drug-likeness (QED) is 0.928. The van der Waals surface area contributed by atoms with E-state index in [0.29, 0.717) is 0 Å². The molecule has 108 valence electrons. The van der Waals surface area contributed by atoms with Crippen molar-refractivity contribution < 1.29 is 0 Å². The van der Waals surface area contributed by atoms with Crippen molar-refractivity contribution in [3.63, 3.8) is 0 Å². The minimum Gasteiger partial charge on any atom is -0.369 e. The lowest BCUT2D eigenvalue weighted by Crippen LogP contribution is -2.51. The van der Waals surface area contributed by atoms with Crippen molar-refractivity contribution >= 4 is 11.4 Å². The summed E-state index contributed by atoms with van der Waals surface area (Å²) in [6, 6.07) is 20.9. The number of benzene rings is 2. The van der Waals surface area contributed by atoms with Crippen LogP contribution in [0.1, 0.15) is 5.56 Å². The maximum atomic E-state index is 4.13. The molecule has 2 aromatic carbocycles. The predicted octanol–water partition coefficient (Wildman–Crippen LogP) is 2.98. The SMILES string of the molecule is C=C(NN1CCN(c2ccccc2)CC1)c1ccccc1. The van der Waals surface area contributed by atoms with E-state index in [2.05, 4.69) is 64.4 Å². The molecule has 0 aromatic heterocycles. The smallest absolute Gasteiger partial charge is 0.0490 e.